The molecule has 1 rings (SSSR count). The van der Waals surface area contributed by atoms with E-state index < -0.39 is 27.9 Å². The fourth-order valence-corrected chi connectivity index (χ4v) is 1.60. The largest absolute Gasteiger partial charge is 0.417 e. The van der Waals surface area contributed by atoms with Crippen molar-refractivity contribution in [2.75, 3.05) is 0 Å². The summed E-state index contributed by atoms with van der Waals surface area (Å²) < 4.78 is 37.8. The maximum absolute atomic E-state index is 12.6. The van der Waals surface area contributed by atoms with Crippen molar-refractivity contribution in [1.82, 2.24) is 0 Å². The number of alkyl halides is 4. The molecule has 0 amide bonds. The van der Waals surface area contributed by atoms with Crippen molar-refractivity contribution in [3.63, 3.8) is 0 Å². The first kappa shape index (κ1) is 13.5. The van der Waals surface area contributed by atoms with E-state index in [1.165, 1.54) is 6.92 Å². The Kier molecular flexibility index (Phi) is 4.02. The number of benzene rings is 1. The minimum Gasteiger partial charge on any atom is -0.293 e. The molecule has 0 aromatic heterocycles. The van der Waals surface area contributed by atoms with Crippen molar-refractivity contribution in [2.45, 2.75) is 17.9 Å². The van der Waals surface area contributed by atoms with E-state index in [1.54, 1.807) is 0 Å². The lowest BCUT2D eigenvalue weighted by Crippen LogP contribution is -2.17. The Bertz CT molecular complexity index is 415. The molecule has 0 aliphatic rings. The number of hydrogen-bond donors (Lipinski definition) is 0. The number of carbonyl (C=O) groups is 1. The smallest absolute Gasteiger partial charge is 0.293 e. The first-order valence-corrected chi connectivity index (χ1v) is 5.58. The predicted molar refractivity (Wildman–Crippen MR) is 59.2 cm³/mol. The van der Waals surface area contributed by atoms with E-state index in [-0.39, 0.29) is 5.02 Å². The molecule has 0 aliphatic heterocycles. The van der Waals surface area contributed by atoms with Crippen LogP contribution < -0.4 is 0 Å². The SMILES string of the molecule is CC(Br)C(=O)c1cc(Cl)ccc1C(F)(F)F. The summed E-state index contributed by atoms with van der Waals surface area (Å²) in [7, 11) is 0. The highest BCUT2D eigenvalue weighted by Crippen LogP contribution is 2.34. The second-order valence-corrected chi connectivity index (χ2v) is 4.98. The van der Waals surface area contributed by atoms with E-state index in [1.807, 2.05) is 0 Å². The molecule has 0 N–H and O–H groups in total. The number of rotatable bonds is 2. The first-order chi connectivity index (χ1) is 7.23. The van der Waals surface area contributed by atoms with Crippen molar-refractivity contribution < 1.29 is 18.0 Å². The van der Waals surface area contributed by atoms with E-state index in [9.17, 15) is 18.0 Å². The maximum atomic E-state index is 12.6. The second kappa shape index (κ2) is 4.75. The van der Waals surface area contributed by atoms with Gasteiger partial charge in [0.15, 0.2) is 5.78 Å². The Morgan fingerprint density at radius 2 is 2.00 bits per heavy atom. The molecule has 0 bridgehead atoms. The van der Waals surface area contributed by atoms with Crippen LogP contribution in [-0.2, 0) is 6.18 Å². The third-order valence-electron chi connectivity index (χ3n) is 1.91. The monoisotopic (exact) mass is 314 g/mol. The van der Waals surface area contributed by atoms with E-state index in [0.29, 0.717) is 0 Å². The van der Waals surface area contributed by atoms with Gasteiger partial charge in [-0.3, -0.25) is 4.79 Å². The van der Waals surface area contributed by atoms with Crippen molar-refractivity contribution in [3.05, 3.63) is 34.3 Å². The van der Waals surface area contributed by atoms with Gasteiger partial charge in [-0.15, -0.1) is 0 Å². The molecule has 0 radical (unpaired) electrons. The van der Waals surface area contributed by atoms with Gasteiger partial charge < -0.3 is 0 Å². The molecule has 0 aliphatic carbocycles. The fourth-order valence-electron chi connectivity index (χ4n) is 1.18. The van der Waals surface area contributed by atoms with Crippen LogP contribution in [0.25, 0.3) is 0 Å². The molecule has 0 fully saturated rings. The van der Waals surface area contributed by atoms with Gasteiger partial charge in [-0.2, -0.15) is 13.2 Å². The van der Waals surface area contributed by atoms with E-state index >= 15 is 0 Å². The molecule has 1 unspecified atom stereocenters. The lowest BCUT2D eigenvalue weighted by Gasteiger charge is -2.13. The van der Waals surface area contributed by atoms with Crippen molar-refractivity contribution >= 4 is 33.3 Å². The summed E-state index contributed by atoms with van der Waals surface area (Å²) in [5.41, 5.74) is -1.38. The molecular formula is C10H7BrClF3O. The zero-order valence-corrected chi connectivity index (χ0v) is 10.4. The number of ketones is 1. The van der Waals surface area contributed by atoms with Crippen LogP contribution in [0.1, 0.15) is 22.8 Å². The van der Waals surface area contributed by atoms with Crippen LogP contribution >= 0.6 is 27.5 Å². The third-order valence-corrected chi connectivity index (χ3v) is 2.56. The van der Waals surface area contributed by atoms with Crippen LogP contribution in [0.2, 0.25) is 5.02 Å². The van der Waals surface area contributed by atoms with Crippen LogP contribution in [-0.4, -0.2) is 10.6 Å². The standard InChI is InChI=1S/C10H7BrClF3O/c1-5(11)9(16)7-4-6(12)2-3-8(7)10(13,14)15/h2-5H,1H3. The molecule has 88 valence electrons. The van der Waals surface area contributed by atoms with Gasteiger partial charge in [-0.25, -0.2) is 0 Å². The summed E-state index contributed by atoms with van der Waals surface area (Å²) in [4.78, 5) is 10.9. The van der Waals surface area contributed by atoms with Crippen molar-refractivity contribution in [3.8, 4) is 0 Å². The van der Waals surface area contributed by atoms with Gasteiger partial charge in [-0.05, 0) is 25.1 Å². The van der Waals surface area contributed by atoms with E-state index in [0.717, 1.165) is 18.2 Å². The average molecular weight is 316 g/mol. The summed E-state index contributed by atoms with van der Waals surface area (Å²) in [5.74, 6) is -0.644. The highest BCUT2D eigenvalue weighted by atomic mass is 79.9. The summed E-state index contributed by atoms with van der Waals surface area (Å²) in [6.45, 7) is 1.46. The van der Waals surface area contributed by atoms with Crippen molar-refractivity contribution in [1.29, 1.82) is 0 Å². The molecule has 0 spiro atoms. The predicted octanol–water partition coefficient (Wildman–Crippen LogP) is 4.32. The number of halogens is 5. The first-order valence-electron chi connectivity index (χ1n) is 4.28. The normalized spacial score (nSPS) is 13.6. The Morgan fingerprint density at radius 1 is 1.44 bits per heavy atom. The Morgan fingerprint density at radius 3 is 2.44 bits per heavy atom. The Hall–Kier alpha value is -0.550. The highest BCUT2D eigenvalue weighted by molar-refractivity contribution is 9.10. The molecule has 1 aromatic rings. The highest BCUT2D eigenvalue weighted by Gasteiger charge is 2.35. The summed E-state index contributed by atoms with van der Waals surface area (Å²) in [6, 6.07) is 2.95. The maximum Gasteiger partial charge on any atom is 0.417 e. The fraction of sp³-hybridized carbons (Fsp3) is 0.300. The van der Waals surface area contributed by atoms with E-state index in [2.05, 4.69) is 15.9 Å². The molecule has 1 aromatic carbocycles. The van der Waals surface area contributed by atoms with Gasteiger partial charge in [0, 0.05) is 10.6 Å². The molecule has 1 atom stereocenters. The topological polar surface area (TPSA) is 17.1 Å². The minimum absolute atomic E-state index is 0.101. The Labute approximate surface area is 104 Å². The van der Waals surface area contributed by atoms with Gasteiger partial charge in [0.25, 0.3) is 0 Å². The zero-order valence-electron chi connectivity index (χ0n) is 8.11. The van der Waals surface area contributed by atoms with Crippen LogP contribution in [0, 0.1) is 0 Å². The number of Topliss-reactive ketones (excluding diaryl/α,β-unsaturated/α-hetero) is 1. The van der Waals surface area contributed by atoms with Gasteiger partial charge in [0.05, 0.1) is 10.4 Å². The minimum atomic E-state index is -4.56. The number of carbonyl (C=O) groups excluding carboxylic acids is 1. The lowest BCUT2D eigenvalue weighted by molar-refractivity contribution is -0.137. The Balaban J connectivity index is 3.35. The van der Waals surface area contributed by atoms with Gasteiger partial charge in [0.1, 0.15) is 0 Å². The molecule has 0 saturated heterocycles. The van der Waals surface area contributed by atoms with Gasteiger partial charge in [-0.1, -0.05) is 27.5 Å². The number of hydrogen-bond acceptors (Lipinski definition) is 1. The van der Waals surface area contributed by atoms with Gasteiger partial charge in [0.2, 0.25) is 0 Å². The van der Waals surface area contributed by atoms with Crippen LogP contribution in [0.5, 0.6) is 0 Å². The van der Waals surface area contributed by atoms with Crippen LogP contribution in [0.4, 0.5) is 13.2 Å². The van der Waals surface area contributed by atoms with Crippen LogP contribution in [0.15, 0.2) is 18.2 Å². The molecule has 1 nitrogen and oxygen atoms in total. The second-order valence-electron chi connectivity index (χ2n) is 3.17. The molecule has 16 heavy (non-hydrogen) atoms. The summed E-state index contributed by atoms with van der Waals surface area (Å²) in [6.07, 6.45) is -4.56. The quantitative estimate of drug-likeness (QED) is 0.586. The van der Waals surface area contributed by atoms with Crippen LogP contribution in [0.3, 0.4) is 0 Å². The lowest BCUT2D eigenvalue weighted by atomic mass is 10.0. The summed E-state index contributed by atoms with van der Waals surface area (Å²) >= 11 is 8.52. The van der Waals surface area contributed by atoms with E-state index in [4.69, 9.17) is 11.6 Å². The summed E-state index contributed by atoms with van der Waals surface area (Å²) in [5, 5.41) is 0.101. The third kappa shape index (κ3) is 2.98. The molecule has 6 heteroatoms. The molecule has 0 saturated carbocycles. The molecular weight excluding hydrogens is 308 g/mol. The van der Waals surface area contributed by atoms with Gasteiger partial charge >= 0.3 is 6.18 Å². The average Bonchev–Trinajstić information content (AvgIpc) is 2.14. The molecule has 0 heterocycles. The van der Waals surface area contributed by atoms with Crippen molar-refractivity contribution in [2.24, 2.45) is 0 Å². The zero-order chi connectivity index (χ0) is 12.5.